The monoisotopic (exact) mass is 272 g/mol. The number of aromatic nitrogens is 2. The number of amides is 1. The van der Waals surface area contributed by atoms with Crippen molar-refractivity contribution >= 4 is 23.3 Å². The molecule has 0 aliphatic heterocycles. The summed E-state index contributed by atoms with van der Waals surface area (Å²) < 4.78 is 0. The maximum Gasteiger partial charge on any atom is 0.335 e. The third-order valence-corrected chi connectivity index (χ3v) is 2.72. The largest absolute Gasteiger partial charge is 0.478 e. The van der Waals surface area contributed by atoms with Crippen LogP contribution in [0.4, 0.5) is 11.4 Å². The Morgan fingerprint density at radius 1 is 1.30 bits per heavy atom. The molecule has 7 nitrogen and oxygen atoms in total. The smallest absolute Gasteiger partial charge is 0.335 e. The SMILES string of the molecule is CN(C(=O)c1cnccn1)c1ccc(C(=O)O)cc1N. The van der Waals surface area contributed by atoms with E-state index in [4.69, 9.17) is 10.8 Å². The Balaban J connectivity index is 2.32. The highest BCUT2D eigenvalue weighted by atomic mass is 16.4. The van der Waals surface area contributed by atoms with Crippen molar-refractivity contribution in [3.8, 4) is 0 Å². The minimum absolute atomic E-state index is 0.0617. The van der Waals surface area contributed by atoms with E-state index < -0.39 is 5.97 Å². The second-order valence-corrected chi connectivity index (χ2v) is 4.03. The summed E-state index contributed by atoms with van der Waals surface area (Å²) in [5, 5.41) is 8.87. The number of hydrogen-bond acceptors (Lipinski definition) is 5. The highest BCUT2D eigenvalue weighted by molar-refractivity contribution is 6.06. The van der Waals surface area contributed by atoms with E-state index >= 15 is 0 Å². The number of benzene rings is 1. The molecule has 1 aromatic carbocycles. The summed E-state index contributed by atoms with van der Waals surface area (Å²) in [5.41, 5.74) is 6.63. The minimum atomic E-state index is -1.08. The number of nitrogens with two attached hydrogens (primary N) is 1. The van der Waals surface area contributed by atoms with Crippen LogP contribution in [-0.4, -0.2) is 34.0 Å². The molecule has 0 atom stereocenters. The Hall–Kier alpha value is -2.96. The summed E-state index contributed by atoms with van der Waals surface area (Å²) in [7, 11) is 1.53. The van der Waals surface area contributed by atoms with Gasteiger partial charge in [0.2, 0.25) is 0 Å². The van der Waals surface area contributed by atoms with Crippen molar-refractivity contribution in [2.75, 3.05) is 17.7 Å². The van der Waals surface area contributed by atoms with Crippen LogP contribution in [0, 0.1) is 0 Å². The van der Waals surface area contributed by atoms with Gasteiger partial charge in [-0.25, -0.2) is 9.78 Å². The Morgan fingerprint density at radius 2 is 2.05 bits per heavy atom. The van der Waals surface area contributed by atoms with Crippen molar-refractivity contribution < 1.29 is 14.7 Å². The molecule has 102 valence electrons. The molecule has 1 heterocycles. The first kappa shape index (κ1) is 13.5. The Kier molecular flexibility index (Phi) is 3.60. The van der Waals surface area contributed by atoms with Crippen LogP contribution in [0.2, 0.25) is 0 Å². The summed E-state index contributed by atoms with van der Waals surface area (Å²) >= 11 is 0. The van der Waals surface area contributed by atoms with Gasteiger partial charge in [-0.1, -0.05) is 0 Å². The third-order valence-electron chi connectivity index (χ3n) is 2.72. The van der Waals surface area contributed by atoms with Gasteiger partial charge in [-0.3, -0.25) is 9.78 Å². The fourth-order valence-electron chi connectivity index (χ4n) is 1.68. The first-order chi connectivity index (χ1) is 9.50. The van der Waals surface area contributed by atoms with Gasteiger partial charge in [-0.05, 0) is 18.2 Å². The number of carboxylic acids is 1. The standard InChI is InChI=1S/C13H12N4O3/c1-17(12(18)10-7-15-4-5-16-10)11-3-2-8(13(19)20)6-9(11)14/h2-7H,14H2,1H3,(H,19,20). The van der Waals surface area contributed by atoms with Gasteiger partial charge < -0.3 is 15.7 Å². The molecular formula is C13H12N4O3. The molecule has 0 saturated heterocycles. The number of rotatable bonds is 3. The van der Waals surface area contributed by atoms with Crippen LogP contribution in [0.1, 0.15) is 20.8 Å². The molecule has 0 aliphatic rings. The molecule has 20 heavy (non-hydrogen) atoms. The third kappa shape index (κ3) is 2.56. The van der Waals surface area contributed by atoms with Crippen molar-refractivity contribution in [3.05, 3.63) is 48.0 Å². The van der Waals surface area contributed by atoms with Crippen LogP contribution in [0.3, 0.4) is 0 Å². The molecule has 0 spiro atoms. The first-order valence-electron chi connectivity index (χ1n) is 5.67. The average Bonchev–Trinajstić information content (AvgIpc) is 2.46. The quantitative estimate of drug-likeness (QED) is 0.808. The molecule has 2 aromatic rings. The van der Waals surface area contributed by atoms with Gasteiger partial charge >= 0.3 is 5.97 Å². The molecule has 2 rings (SSSR count). The van der Waals surface area contributed by atoms with Crippen LogP contribution in [0.25, 0.3) is 0 Å². The lowest BCUT2D eigenvalue weighted by Crippen LogP contribution is -2.28. The molecule has 0 aliphatic carbocycles. The number of anilines is 2. The van der Waals surface area contributed by atoms with Crippen LogP contribution < -0.4 is 10.6 Å². The lowest BCUT2D eigenvalue weighted by atomic mass is 10.1. The number of hydrogen-bond donors (Lipinski definition) is 2. The Bertz CT molecular complexity index is 658. The summed E-state index contributed by atoms with van der Waals surface area (Å²) in [6.45, 7) is 0. The van der Waals surface area contributed by atoms with E-state index in [0.29, 0.717) is 5.69 Å². The lowest BCUT2D eigenvalue weighted by molar-refractivity contribution is 0.0697. The normalized spacial score (nSPS) is 10.1. The van der Waals surface area contributed by atoms with Gasteiger partial charge in [0, 0.05) is 19.4 Å². The zero-order valence-electron chi connectivity index (χ0n) is 10.6. The number of carbonyl (C=O) groups excluding carboxylic acids is 1. The lowest BCUT2D eigenvalue weighted by Gasteiger charge is -2.18. The summed E-state index contributed by atoms with van der Waals surface area (Å²) in [6, 6.07) is 4.17. The van der Waals surface area contributed by atoms with Crippen LogP contribution in [0.15, 0.2) is 36.8 Å². The fourth-order valence-corrected chi connectivity index (χ4v) is 1.68. The van der Waals surface area contributed by atoms with E-state index in [9.17, 15) is 9.59 Å². The topological polar surface area (TPSA) is 109 Å². The van der Waals surface area contributed by atoms with Crippen LogP contribution >= 0.6 is 0 Å². The maximum absolute atomic E-state index is 12.2. The second-order valence-electron chi connectivity index (χ2n) is 4.03. The van der Waals surface area contributed by atoms with E-state index in [2.05, 4.69) is 9.97 Å². The molecule has 3 N–H and O–H groups in total. The number of aromatic carboxylic acids is 1. The van der Waals surface area contributed by atoms with Gasteiger partial charge in [-0.2, -0.15) is 0 Å². The van der Waals surface area contributed by atoms with Gasteiger partial charge in [0.1, 0.15) is 5.69 Å². The van der Waals surface area contributed by atoms with Crippen LogP contribution in [0.5, 0.6) is 0 Å². The van der Waals surface area contributed by atoms with E-state index in [-0.39, 0.29) is 22.9 Å². The van der Waals surface area contributed by atoms with Crippen molar-refractivity contribution in [1.29, 1.82) is 0 Å². The minimum Gasteiger partial charge on any atom is -0.478 e. The highest BCUT2D eigenvalue weighted by Gasteiger charge is 2.17. The summed E-state index contributed by atoms with van der Waals surface area (Å²) in [5.74, 6) is -1.46. The zero-order chi connectivity index (χ0) is 14.7. The average molecular weight is 272 g/mol. The van der Waals surface area contributed by atoms with E-state index in [1.54, 1.807) is 0 Å². The molecule has 1 aromatic heterocycles. The number of nitrogen functional groups attached to an aromatic ring is 1. The molecule has 0 unspecified atom stereocenters. The Morgan fingerprint density at radius 3 is 2.60 bits per heavy atom. The molecule has 0 saturated carbocycles. The molecule has 1 amide bonds. The molecule has 0 fully saturated rings. The summed E-state index contributed by atoms with van der Waals surface area (Å²) in [4.78, 5) is 32.0. The van der Waals surface area contributed by atoms with Gasteiger partial charge in [0.05, 0.1) is 23.1 Å². The molecule has 0 radical (unpaired) electrons. The summed E-state index contributed by atoms with van der Waals surface area (Å²) in [6.07, 6.45) is 4.23. The zero-order valence-corrected chi connectivity index (χ0v) is 10.6. The van der Waals surface area contributed by atoms with Crippen molar-refractivity contribution in [3.63, 3.8) is 0 Å². The Labute approximate surface area is 114 Å². The van der Waals surface area contributed by atoms with Crippen molar-refractivity contribution in [2.24, 2.45) is 0 Å². The van der Waals surface area contributed by atoms with E-state index in [1.165, 1.54) is 48.7 Å². The van der Waals surface area contributed by atoms with Crippen molar-refractivity contribution in [2.45, 2.75) is 0 Å². The fraction of sp³-hybridized carbons (Fsp3) is 0.0769. The number of carbonyl (C=O) groups is 2. The maximum atomic E-state index is 12.2. The second kappa shape index (κ2) is 5.35. The molecule has 0 bridgehead atoms. The van der Waals surface area contributed by atoms with Gasteiger partial charge in [0.25, 0.3) is 5.91 Å². The van der Waals surface area contributed by atoms with Gasteiger partial charge in [0.15, 0.2) is 0 Å². The first-order valence-corrected chi connectivity index (χ1v) is 5.67. The predicted molar refractivity (Wildman–Crippen MR) is 72.6 cm³/mol. The van der Waals surface area contributed by atoms with Crippen LogP contribution in [-0.2, 0) is 0 Å². The molecule has 7 heteroatoms. The number of nitrogens with zero attached hydrogens (tertiary/aromatic N) is 3. The van der Waals surface area contributed by atoms with Gasteiger partial charge in [-0.15, -0.1) is 0 Å². The predicted octanol–water partition coefficient (Wildman–Crippen LogP) is 1.03. The van der Waals surface area contributed by atoms with E-state index in [1.807, 2.05) is 0 Å². The molecular weight excluding hydrogens is 260 g/mol. The number of carboxylic acid groups (broad SMARTS) is 1. The highest BCUT2D eigenvalue weighted by Crippen LogP contribution is 2.24. The van der Waals surface area contributed by atoms with E-state index in [0.717, 1.165) is 0 Å². The van der Waals surface area contributed by atoms with Crippen molar-refractivity contribution in [1.82, 2.24) is 9.97 Å².